The molecule has 16 heavy (non-hydrogen) atoms. The van der Waals surface area contributed by atoms with Gasteiger partial charge in [0.15, 0.2) is 0 Å². The van der Waals surface area contributed by atoms with E-state index in [1.54, 1.807) is 6.07 Å². The van der Waals surface area contributed by atoms with E-state index in [1.165, 1.54) is 12.1 Å². The summed E-state index contributed by atoms with van der Waals surface area (Å²) in [7, 11) is 0. The van der Waals surface area contributed by atoms with E-state index in [-0.39, 0.29) is 5.02 Å². The van der Waals surface area contributed by atoms with Gasteiger partial charge >= 0.3 is 0 Å². The Morgan fingerprint density at radius 3 is 2.81 bits per heavy atom. The second-order valence-electron chi connectivity index (χ2n) is 3.80. The lowest BCUT2D eigenvalue weighted by molar-refractivity contribution is 0.281. The fraction of sp³-hybridized carbons (Fsp3) is 0.500. The summed E-state index contributed by atoms with van der Waals surface area (Å²) < 4.78 is 18.5. The molecule has 0 heterocycles. The zero-order valence-corrected chi connectivity index (χ0v) is 11.5. The number of hydrogen-bond acceptors (Lipinski definition) is 1. The molecule has 1 aromatic carbocycles. The SMILES string of the molecule is CC(CCBr)CCOc1ccc(Cl)c(F)c1. The van der Waals surface area contributed by atoms with Gasteiger partial charge in [-0.05, 0) is 30.9 Å². The number of hydrogen-bond donors (Lipinski definition) is 0. The van der Waals surface area contributed by atoms with Gasteiger partial charge in [0.05, 0.1) is 11.6 Å². The highest BCUT2D eigenvalue weighted by atomic mass is 79.9. The van der Waals surface area contributed by atoms with Crippen molar-refractivity contribution in [3.8, 4) is 5.75 Å². The lowest BCUT2D eigenvalue weighted by Crippen LogP contribution is -2.04. The molecule has 0 N–H and O–H groups in total. The van der Waals surface area contributed by atoms with Crippen molar-refractivity contribution in [1.82, 2.24) is 0 Å². The summed E-state index contributed by atoms with van der Waals surface area (Å²) in [6, 6.07) is 4.51. The van der Waals surface area contributed by atoms with Crippen LogP contribution in [0.15, 0.2) is 18.2 Å². The number of ether oxygens (including phenoxy) is 1. The van der Waals surface area contributed by atoms with Crippen molar-refractivity contribution in [1.29, 1.82) is 0 Å². The van der Waals surface area contributed by atoms with Crippen LogP contribution in [-0.4, -0.2) is 11.9 Å². The highest BCUT2D eigenvalue weighted by Crippen LogP contribution is 2.21. The second kappa shape index (κ2) is 7.13. The van der Waals surface area contributed by atoms with Crippen LogP contribution in [0.4, 0.5) is 4.39 Å². The van der Waals surface area contributed by atoms with Crippen molar-refractivity contribution in [2.24, 2.45) is 5.92 Å². The van der Waals surface area contributed by atoms with Crippen molar-refractivity contribution in [3.63, 3.8) is 0 Å². The lowest BCUT2D eigenvalue weighted by atomic mass is 10.1. The maximum absolute atomic E-state index is 13.1. The molecule has 1 rings (SSSR count). The van der Waals surface area contributed by atoms with Gasteiger partial charge in [0, 0.05) is 11.4 Å². The van der Waals surface area contributed by atoms with Crippen molar-refractivity contribution in [3.05, 3.63) is 29.0 Å². The average molecular weight is 310 g/mol. The van der Waals surface area contributed by atoms with Crippen LogP contribution in [-0.2, 0) is 0 Å². The summed E-state index contributed by atoms with van der Waals surface area (Å²) in [4.78, 5) is 0. The Kier molecular flexibility index (Phi) is 6.14. The first-order valence-corrected chi connectivity index (χ1v) is 6.77. The second-order valence-corrected chi connectivity index (χ2v) is 5.00. The first-order valence-electron chi connectivity index (χ1n) is 5.27. The predicted octanol–water partition coefficient (Wildman–Crippen LogP) is 4.67. The van der Waals surface area contributed by atoms with Gasteiger partial charge in [0.1, 0.15) is 11.6 Å². The molecule has 0 bridgehead atoms. The third kappa shape index (κ3) is 4.71. The number of benzene rings is 1. The van der Waals surface area contributed by atoms with E-state index >= 15 is 0 Å². The van der Waals surface area contributed by atoms with Crippen LogP contribution >= 0.6 is 27.5 Å². The fourth-order valence-corrected chi connectivity index (χ4v) is 2.17. The van der Waals surface area contributed by atoms with Gasteiger partial charge in [-0.3, -0.25) is 0 Å². The average Bonchev–Trinajstić information content (AvgIpc) is 2.24. The van der Waals surface area contributed by atoms with Crippen LogP contribution in [0, 0.1) is 11.7 Å². The van der Waals surface area contributed by atoms with Crippen LogP contribution in [0.3, 0.4) is 0 Å². The minimum absolute atomic E-state index is 0.125. The predicted molar refractivity (Wildman–Crippen MR) is 69.1 cm³/mol. The zero-order chi connectivity index (χ0) is 12.0. The van der Waals surface area contributed by atoms with E-state index in [2.05, 4.69) is 22.9 Å². The number of rotatable bonds is 6. The topological polar surface area (TPSA) is 9.23 Å². The summed E-state index contributed by atoms with van der Waals surface area (Å²) in [5.41, 5.74) is 0. The van der Waals surface area contributed by atoms with Crippen molar-refractivity contribution in [2.45, 2.75) is 19.8 Å². The van der Waals surface area contributed by atoms with Crippen LogP contribution < -0.4 is 4.74 Å². The maximum atomic E-state index is 13.1. The summed E-state index contributed by atoms with van der Waals surface area (Å²) >= 11 is 8.97. The molecule has 0 aromatic heterocycles. The molecule has 0 aliphatic heterocycles. The van der Waals surface area contributed by atoms with Gasteiger partial charge in [-0.15, -0.1) is 0 Å². The Hall–Kier alpha value is -0.280. The molecule has 0 fully saturated rings. The Labute approximate surface area is 109 Å². The molecule has 4 heteroatoms. The highest BCUT2D eigenvalue weighted by molar-refractivity contribution is 9.09. The first kappa shape index (κ1) is 13.8. The van der Waals surface area contributed by atoms with E-state index in [0.29, 0.717) is 18.3 Å². The van der Waals surface area contributed by atoms with Gasteiger partial charge in [-0.2, -0.15) is 0 Å². The van der Waals surface area contributed by atoms with E-state index < -0.39 is 5.82 Å². The van der Waals surface area contributed by atoms with Crippen molar-refractivity contribution in [2.75, 3.05) is 11.9 Å². The molecule has 0 amide bonds. The molecule has 0 spiro atoms. The molecule has 1 unspecified atom stereocenters. The summed E-state index contributed by atoms with van der Waals surface area (Å²) in [5.74, 6) is 0.706. The Balaban J connectivity index is 2.34. The smallest absolute Gasteiger partial charge is 0.145 e. The van der Waals surface area contributed by atoms with Gasteiger partial charge in [-0.1, -0.05) is 34.5 Å². The largest absolute Gasteiger partial charge is 0.493 e. The normalized spacial score (nSPS) is 12.5. The molecule has 0 aliphatic carbocycles. The van der Waals surface area contributed by atoms with E-state index in [4.69, 9.17) is 16.3 Å². The standard InChI is InChI=1S/C12H15BrClFO/c1-9(4-6-13)5-7-16-10-2-3-11(14)12(15)8-10/h2-3,8-9H,4-7H2,1H3. The molecule has 1 atom stereocenters. The van der Waals surface area contributed by atoms with Gasteiger partial charge in [0.25, 0.3) is 0 Å². The lowest BCUT2D eigenvalue weighted by Gasteiger charge is -2.11. The molecule has 1 aromatic rings. The molecular formula is C12H15BrClFO. The van der Waals surface area contributed by atoms with Gasteiger partial charge in [0.2, 0.25) is 0 Å². The van der Waals surface area contributed by atoms with Crippen LogP contribution in [0.5, 0.6) is 5.75 Å². The van der Waals surface area contributed by atoms with Gasteiger partial charge in [-0.25, -0.2) is 4.39 Å². The van der Waals surface area contributed by atoms with E-state index in [1.807, 2.05) is 0 Å². The summed E-state index contributed by atoms with van der Waals surface area (Å²) in [6.45, 7) is 2.78. The molecular weight excluding hydrogens is 294 g/mol. The van der Waals surface area contributed by atoms with Gasteiger partial charge < -0.3 is 4.74 Å². The van der Waals surface area contributed by atoms with Crippen molar-refractivity contribution < 1.29 is 9.13 Å². The molecule has 90 valence electrons. The molecule has 1 nitrogen and oxygen atoms in total. The van der Waals surface area contributed by atoms with Crippen LogP contribution in [0.25, 0.3) is 0 Å². The van der Waals surface area contributed by atoms with Crippen molar-refractivity contribution >= 4 is 27.5 Å². The van der Waals surface area contributed by atoms with Crippen LogP contribution in [0.2, 0.25) is 5.02 Å². The third-order valence-electron chi connectivity index (χ3n) is 2.37. The maximum Gasteiger partial charge on any atom is 0.145 e. The molecule has 0 saturated carbocycles. The van der Waals surface area contributed by atoms with Crippen LogP contribution in [0.1, 0.15) is 19.8 Å². The summed E-state index contributed by atoms with van der Waals surface area (Å²) in [6.07, 6.45) is 2.09. The Morgan fingerprint density at radius 1 is 1.44 bits per heavy atom. The number of alkyl halides is 1. The minimum atomic E-state index is -0.437. The molecule has 0 aliphatic rings. The fourth-order valence-electron chi connectivity index (χ4n) is 1.28. The molecule has 0 saturated heterocycles. The number of halogens is 3. The Bertz CT molecular complexity index is 333. The summed E-state index contributed by atoms with van der Waals surface area (Å²) in [5, 5.41) is 1.13. The zero-order valence-electron chi connectivity index (χ0n) is 9.18. The quantitative estimate of drug-likeness (QED) is 0.694. The monoisotopic (exact) mass is 308 g/mol. The Morgan fingerprint density at radius 2 is 2.19 bits per heavy atom. The van der Waals surface area contributed by atoms with E-state index in [9.17, 15) is 4.39 Å². The third-order valence-corrected chi connectivity index (χ3v) is 3.14. The first-order chi connectivity index (χ1) is 7.63. The highest BCUT2D eigenvalue weighted by Gasteiger charge is 2.04. The van der Waals surface area contributed by atoms with E-state index in [0.717, 1.165) is 18.2 Å². The molecule has 0 radical (unpaired) electrons. The minimum Gasteiger partial charge on any atom is -0.493 e.